The van der Waals surface area contributed by atoms with Crippen molar-refractivity contribution in [3.05, 3.63) is 60.9 Å². The Morgan fingerprint density at radius 1 is 1.20 bits per heavy atom. The van der Waals surface area contributed by atoms with Crippen molar-refractivity contribution in [2.75, 3.05) is 5.75 Å². The maximum atomic E-state index is 12.1. The molecule has 0 bridgehead atoms. The van der Waals surface area contributed by atoms with Crippen molar-refractivity contribution >= 4 is 34.4 Å². The van der Waals surface area contributed by atoms with Crippen LogP contribution in [0.2, 0.25) is 0 Å². The van der Waals surface area contributed by atoms with E-state index in [9.17, 15) is 4.79 Å². The Bertz CT molecular complexity index is 891. The van der Waals surface area contributed by atoms with Gasteiger partial charge in [0.25, 0.3) is 0 Å². The minimum atomic E-state index is -0.144. The smallest absolute Gasteiger partial charge is 0.248 e. The fourth-order valence-corrected chi connectivity index (χ4v) is 3.28. The first-order valence-corrected chi connectivity index (χ1v) is 8.90. The third-order valence-electron chi connectivity index (χ3n) is 3.65. The largest absolute Gasteiger partial charge is 0.319 e. The summed E-state index contributed by atoms with van der Waals surface area (Å²) in [5.74, 6) is 0.120. The molecule has 2 heterocycles. The molecule has 2 aromatic heterocycles. The van der Waals surface area contributed by atoms with Gasteiger partial charge >= 0.3 is 0 Å². The van der Waals surface area contributed by atoms with E-state index < -0.39 is 0 Å². The lowest BCUT2D eigenvalue weighted by atomic mass is 10.2. The van der Waals surface area contributed by atoms with Gasteiger partial charge in [-0.25, -0.2) is 4.98 Å². The molecule has 0 aliphatic carbocycles. The molecule has 0 radical (unpaired) electrons. The molecular formula is C18H19N5OS. The first-order chi connectivity index (χ1) is 12.2. The summed E-state index contributed by atoms with van der Waals surface area (Å²) in [4.78, 5) is 20.6. The number of hydrogen-bond acceptors (Lipinski definition) is 5. The van der Waals surface area contributed by atoms with Crippen LogP contribution < -0.4 is 10.9 Å². The molecular weight excluding hydrogens is 334 g/mol. The zero-order chi connectivity index (χ0) is 17.6. The molecule has 1 aromatic carbocycles. The highest BCUT2D eigenvalue weighted by atomic mass is 32.2. The number of carbonyl (C=O) groups excluding carboxylic acids is 1. The molecule has 0 unspecified atom stereocenters. The van der Waals surface area contributed by atoms with Gasteiger partial charge in [-0.1, -0.05) is 30.5 Å². The average molecular weight is 353 g/mol. The number of aryl methyl sites for hydroxylation is 1. The van der Waals surface area contributed by atoms with Gasteiger partial charge in [-0.15, -0.1) is 0 Å². The summed E-state index contributed by atoms with van der Waals surface area (Å²) < 4.78 is 2.11. The quantitative estimate of drug-likeness (QED) is 0.505. The molecule has 3 aromatic rings. The molecule has 3 rings (SSSR count). The fraction of sp³-hybridized carbons (Fsp3) is 0.167. The van der Waals surface area contributed by atoms with E-state index in [1.807, 2.05) is 36.4 Å². The van der Waals surface area contributed by atoms with Crippen molar-refractivity contribution in [2.45, 2.75) is 18.6 Å². The number of benzene rings is 1. The minimum absolute atomic E-state index is 0.144. The molecule has 0 spiro atoms. The van der Waals surface area contributed by atoms with Crippen molar-refractivity contribution < 1.29 is 4.79 Å². The Hall–Kier alpha value is -2.80. The van der Waals surface area contributed by atoms with Crippen LogP contribution in [0.25, 0.3) is 16.7 Å². The van der Waals surface area contributed by atoms with Gasteiger partial charge in [0.05, 0.1) is 22.5 Å². The molecule has 128 valence electrons. The van der Waals surface area contributed by atoms with Gasteiger partial charge in [0.1, 0.15) is 0 Å². The predicted octanol–water partition coefficient (Wildman–Crippen LogP) is 2.84. The van der Waals surface area contributed by atoms with E-state index in [-0.39, 0.29) is 11.7 Å². The highest BCUT2D eigenvalue weighted by Crippen LogP contribution is 2.23. The summed E-state index contributed by atoms with van der Waals surface area (Å²) in [6.07, 6.45) is 3.35. The molecule has 7 heteroatoms. The van der Waals surface area contributed by atoms with Crippen molar-refractivity contribution in [1.29, 1.82) is 0 Å². The Balaban J connectivity index is 1.57. The number of nitrogens with zero attached hydrogens (tertiary/aromatic N) is 3. The SMILES string of the molecule is C=C(NNC(=O)CSc1nc2ccccc2n1CC)c1ccncc1. The number of hydrazine groups is 1. The molecule has 25 heavy (non-hydrogen) atoms. The number of imidazole rings is 1. The van der Waals surface area contributed by atoms with Crippen LogP contribution in [0.4, 0.5) is 0 Å². The van der Waals surface area contributed by atoms with Crippen LogP contribution in [-0.2, 0) is 11.3 Å². The number of nitrogens with one attached hydrogen (secondary N) is 2. The van der Waals surface area contributed by atoms with Gasteiger partial charge in [-0.3, -0.25) is 20.6 Å². The molecule has 0 aliphatic rings. The van der Waals surface area contributed by atoms with E-state index in [2.05, 4.69) is 38.9 Å². The van der Waals surface area contributed by atoms with Gasteiger partial charge in [0, 0.05) is 24.5 Å². The molecule has 0 atom stereocenters. The van der Waals surface area contributed by atoms with Crippen molar-refractivity contribution in [2.24, 2.45) is 0 Å². The number of rotatable bonds is 7. The molecule has 0 saturated carbocycles. The summed E-state index contributed by atoms with van der Waals surface area (Å²) in [6.45, 7) is 6.77. The van der Waals surface area contributed by atoms with Crippen LogP contribution in [0.3, 0.4) is 0 Å². The maximum absolute atomic E-state index is 12.1. The third kappa shape index (κ3) is 4.00. The number of pyridine rings is 1. The maximum Gasteiger partial charge on any atom is 0.248 e. The number of hydrogen-bond donors (Lipinski definition) is 2. The zero-order valence-corrected chi connectivity index (χ0v) is 14.7. The number of amides is 1. The van der Waals surface area contributed by atoms with E-state index in [0.29, 0.717) is 5.70 Å². The molecule has 1 amide bonds. The Morgan fingerprint density at radius 2 is 1.96 bits per heavy atom. The van der Waals surface area contributed by atoms with E-state index in [1.54, 1.807) is 12.4 Å². The van der Waals surface area contributed by atoms with Crippen LogP contribution in [-0.4, -0.2) is 26.2 Å². The van der Waals surface area contributed by atoms with Gasteiger partial charge in [-0.05, 0) is 31.2 Å². The summed E-state index contributed by atoms with van der Waals surface area (Å²) in [5, 5.41) is 0.840. The van der Waals surface area contributed by atoms with Crippen LogP contribution >= 0.6 is 11.8 Å². The molecule has 0 aliphatic heterocycles. The van der Waals surface area contributed by atoms with E-state index in [1.165, 1.54) is 11.8 Å². The normalized spacial score (nSPS) is 10.6. The lowest BCUT2D eigenvalue weighted by molar-refractivity contribution is -0.119. The molecule has 0 fully saturated rings. The van der Waals surface area contributed by atoms with Gasteiger partial charge < -0.3 is 4.57 Å². The number of carbonyl (C=O) groups is 1. The number of para-hydroxylation sites is 2. The number of aromatic nitrogens is 3. The summed E-state index contributed by atoms with van der Waals surface area (Å²) in [6, 6.07) is 11.6. The van der Waals surface area contributed by atoms with Crippen LogP contribution in [0.1, 0.15) is 12.5 Å². The highest BCUT2D eigenvalue weighted by molar-refractivity contribution is 7.99. The van der Waals surface area contributed by atoms with Gasteiger partial charge in [0.15, 0.2) is 5.16 Å². The minimum Gasteiger partial charge on any atom is -0.319 e. The van der Waals surface area contributed by atoms with Gasteiger partial charge in [0.2, 0.25) is 5.91 Å². The molecule has 6 nitrogen and oxygen atoms in total. The van der Waals surface area contributed by atoms with Gasteiger partial charge in [-0.2, -0.15) is 0 Å². The van der Waals surface area contributed by atoms with E-state index >= 15 is 0 Å². The first-order valence-electron chi connectivity index (χ1n) is 7.91. The number of fused-ring (bicyclic) bond motifs is 1. The van der Waals surface area contributed by atoms with Crippen molar-refractivity contribution in [3.8, 4) is 0 Å². The molecule has 0 saturated heterocycles. The Morgan fingerprint density at radius 3 is 2.72 bits per heavy atom. The standard InChI is InChI=1S/C18H19N5OS/c1-3-23-16-7-5-4-6-15(16)20-18(23)25-12-17(24)22-21-13(2)14-8-10-19-11-9-14/h4-11,21H,2-3,12H2,1H3,(H,22,24). The van der Waals surface area contributed by atoms with Crippen LogP contribution in [0.5, 0.6) is 0 Å². The average Bonchev–Trinajstić information content (AvgIpc) is 3.02. The Kier molecular flexibility index (Phi) is 5.35. The lowest BCUT2D eigenvalue weighted by Crippen LogP contribution is -2.37. The van der Waals surface area contributed by atoms with E-state index in [0.717, 1.165) is 28.3 Å². The van der Waals surface area contributed by atoms with Crippen molar-refractivity contribution in [1.82, 2.24) is 25.4 Å². The summed E-state index contributed by atoms with van der Waals surface area (Å²) in [5.41, 5.74) is 8.99. The second kappa shape index (κ2) is 7.85. The zero-order valence-electron chi connectivity index (χ0n) is 13.9. The fourth-order valence-electron chi connectivity index (χ4n) is 2.41. The topological polar surface area (TPSA) is 71.8 Å². The van der Waals surface area contributed by atoms with Crippen LogP contribution in [0.15, 0.2) is 60.5 Å². The summed E-state index contributed by atoms with van der Waals surface area (Å²) >= 11 is 1.41. The molecule has 2 N–H and O–H groups in total. The number of thioether (sulfide) groups is 1. The second-order valence-electron chi connectivity index (χ2n) is 5.30. The highest BCUT2D eigenvalue weighted by Gasteiger charge is 2.11. The second-order valence-corrected chi connectivity index (χ2v) is 6.25. The van der Waals surface area contributed by atoms with Crippen LogP contribution in [0, 0.1) is 0 Å². The first kappa shape index (κ1) is 17.0. The monoisotopic (exact) mass is 353 g/mol. The predicted molar refractivity (Wildman–Crippen MR) is 101 cm³/mol. The van der Waals surface area contributed by atoms with E-state index in [4.69, 9.17) is 0 Å². The summed E-state index contributed by atoms with van der Waals surface area (Å²) in [7, 11) is 0. The third-order valence-corrected chi connectivity index (χ3v) is 4.63. The van der Waals surface area contributed by atoms with Crippen molar-refractivity contribution in [3.63, 3.8) is 0 Å². The lowest BCUT2D eigenvalue weighted by Gasteiger charge is -2.11. The Labute approximate surface area is 150 Å².